The Morgan fingerprint density at radius 1 is 1.00 bits per heavy atom. The van der Waals surface area contributed by atoms with Crippen LogP contribution >= 0.6 is 11.8 Å². The molecule has 0 aliphatic rings. The van der Waals surface area contributed by atoms with Crippen molar-refractivity contribution in [3.8, 4) is 11.7 Å². The van der Waals surface area contributed by atoms with E-state index in [2.05, 4.69) is 19.9 Å². The highest BCUT2D eigenvalue weighted by atomic mass is 32.2. The van der Waals surface area contributed by atoms with Crippen LogP contribution in [0.3, 0.4) is 0 Å². The molecule has 0 N–H and O–H groups in total. The first-order valence-electron chi connectivity index (χ1n) is 8.46. The van der Waals surface area contributed by atoms with E-state index in [1.165, 1.54) is 22.5 Å². The predicted molar refractivity (Wildman–Crippen MR) is 108 cm³/mol. The molecular weight excluding hydrogens is 376 g/mol. The largest absolute Gasteiger partial charge is 0.481 e. The normalized spacial score (nSPS) is 11.5. The standard InChI is InChI=1S/C19H14N6O2S/c1-27-15-9-5-8-14(21-15)24-13-7-4-3-6-11(13)17-22-16-12(18(26)25(17)24)10-20-19(23-16)28-2/h3-10H,1-2H3. The number of benzene rings is 1. The molecule has 138 valence electrons. The van der Waals surface area contributed by atoms with Crippen molar-refractivity contribution in [3.05, 3.63) is 59.0 Å². The number of thioether (sulfide) groups is 1. The van der Waals surface area contributed by atoms with Crippen molar-refractivity contribution >= 4 is 39.3 Å². The van der Waals surface area contributed by atoms with Crippen molar-refractivity contribution in [2.24, 2.45) is 0 Å². The van der Waals surface area contributed by atoms with Gasteiger partial charge in [0, 0.05) is 17.6 Å². The van der Waals surface area contributed by atoms with Gasteiger partial charge in [-0.3, -0.25) is 4.79 Å². The molecule has 0 atom stereocenters. The van der Waals surface area contributed by atoms with E-state index in [0.717, 1.165) is 10.9 Å². The van der Waals surface area contributed by atoms with Crippen molar-refractivity contribution in [3.63, 3.8) is 0 Å². The van der Waals surface area contributed by atoms with Gasteiger partial charge < -0.3 is 4.74 Å². The number of fused-ring (bicyclic) bond motifs is 4. The molecule has 0 aliphatic heterocycles. The molecule has 0 fully saturated rings. The number of pyridine rings is 1. The molecule has 5 rings (SSSR count). The monoisotopic (exact) mass is 390 g/mol. The van der Waals surface area contributed by atoms with Crippen LogP contribution in [0.15, 0.2) is 58.6 Å². The van der Waals surface area contributed by atoms with Crippen molar-refractivity contribution < 1.29 is 4.74 Å². The fraction of sp³-hybridized carbons (Fsp3) is 0.105. The lowest BCUT2D eigenvalue weighted by Gasteiger charge is -2.09. The smallest absolute Gasteiger partial charge is 0.284 e. The Morgan fingerprint density at radius 2 is 1.86 bits per heavy atom. The maximum atomic E-state index is 13.4. The average molecular weight is 390 g/mol. The fourth-order valence-corrected chi connectivity index (χ4v) is 3.56. The molecule has 0 spiro atoms. The number of hydrogen-bond acceptors (Lipinski definition) is 7. The molecule has 4 heterocycles. The van der Waals surface area contributed by atoms with Crippen LogP contribution < -0.4 is 10.3 Å². The fourth-order valence-electron chi connectivity index (χ4n) is 3.23. The summed E-state index contributed by atoms with van der Waals surface area (Å²) in [6.45, 7) is 0. The summed E-state index contributed by atoms with van der Waals surface area (Å²) in [4.78, 5) is 31.2. The van der Waals surface area contributed by atoms with Crippen molar-refractivity contribution in [1.82, 2.24) is 29.1 Å². The topological polar surface area (TPSA) is 87.2 Å². The number of para-hydroxylation sites is 1. The zero-order valence-electron chi connectivity index (χ0n) is 15.0. The van der Waals surface area contributed by atoms with Gasteiger partial charge in [0.15, 0.2) is 22.3 Å². The summed E-state index contributed by atoms with van der Waals surface area (Å²) in [6.07, 6.45) is 3.41. The summed E-state index contributed by atoms with van der Waals surface area (Å²) < 4.78 is 8.50. The first-order valence-corrected chi connectivity index (χ1v) is 9.68. The first-order chi connectivity index (χ1) is 13.7. The van der Waals surface area contributed by atoms with E-state index >= 15 is 0 Å². The van der Waals surface area contributed by atoms with E-state index in [1.54, 1.807) is 17.9 Å². The maximum Gasteiger partial charge on any atom is 0.284 e. The Bertz CT molecular complexity index is 1430. The summed E-state index contributed by atoms with van der Waals surface area (Å²) in [5, 5.41) is 1.75. The van der Waals surface area contributed by atoms with Crippen molar-refractivity contribution in [1.29, 1.82) is 0 Å². The zero-order valence-corrected chi connectivity index (χ0v) is 15.8. The van der Waals surface area contributed by atoms with Crippen LogP contribution in [-0.2, 0) is 0 Å². The predicted octanol–water partition coefficient (Wildman–Crippen LogP) is 2.71. The third-order valence-electron chi connectivity index (χ3n) is 4.47. The van der Waals surface area contributed by atoms with Gasteiger partial charge >= 0.3 is 0 Å². The first kappa shape index (κ1) is 16.7. The summed E-state index contributed by atoms with van der Waals surface area (Å²) in [7, 11) is 1.56. The lowest BCUT2D eigenvalue weighted by atomic mass is 10.2. The summed E-state index contributed by atoms with van der Waals surface area (Å²) >= 11 is 1.40. The van der Waals surface area contributed by atoms with E-state index in [-0.39, 0.29) is 5.56 Å². The van der Waals surface area contributed by atoms with Gasteiger partial charge in [-0.2, -0.15) is 9.50 Å². The summed E-state index contributed by atoms with van der Waals surface area (Å²) in [5.41, 5.74) is 1.45. The minimum absolute atomic E-state index is 0.256. The van der Waals surface area contributed by atoms with E-state index in [1.807, 2.05) is 42.7 Å². The molecule has 4 aromatic heterocycles. The van der Waals surface area contributed by atoms with Gasteiger partial charge in [-0.05, 0) is 24.5 Å². The Labute approximate surface area is 162 Å². The molecule has 8 nitrogen and oxygen atoms in total. The summed E-state index contributed by atoms with van der Waals surface area (Å²) in [6, 6.07) is 13.1. The van der Waals surface area contributed by atoms with Crippen LogP contribution in [0.2, 0.25) is 0 Å². The molecule has 0 amide bonds. The molecular formula is C19H14N6O2S. The third kappa shape index (κ3) is 2.36. The third-order valence-corrected chi connectivity index (χ3v) is 5.03. The number of nitrogens with zero attached hydrogens (tertiary/aromatic N) is 6. The SMILES string of the molecule is COc1cccc(-n2c3ccccc3c3nc4nc(SC)ncc4c(=O)n32)n1. The van der Waals surface area contributed by atoms with Crippen LogP contribution in [0.4, 0.5) is 0 Å². The number of aromatic nitrogens is 6. The maximum absolute atomic E-state index is 13.4. The van der Waals surface area contributed by atoms with Gasteiger partial charge in [0.1, 0.15) is 5.39 Å². The minimum Gasteiger partial charge on any atom is -0.481 e. The molecule has 0 saturated carbocycles. The number of rotatable bonds is 3. The lowest BCUT2D eigenvalue weighted by molar-refractivity contribution is 0.397. The van der Waals surface area contributed by atoms with E-state index < -0.39 is 0 Å². The lowest BCUT2D eigenvalue weighted by Crippen LogP contribution is -2.22. The molecule has 0 bridgehead atoms. The Balaban J connectivity index is 1.98. The Hall–Kier alpha value is -3.46. The van der Waals surface area contributed by atoms with Gasteiger partial charge in [-0.1, -0.05) is 30.0 Å². The molecule has 0 radical (unpaired) electrons. The highest BCUT2D eigenvalue weighted by Gasteiger charge is 2.18. The van der Waals surface area contributed by atoms with Crippen LogP contribution in [0, 0.1) is 0 Å². The Kier molecular flexibility index (Phi) is 3.76. The van der Waals surface area contributed by atoms with E-state index in [0.29, 0.717) is 33.5 Å². The second-order valence-electron chi connectivity index (χ2n) is 6.01. The number of ether oxygens (including phenoxy) is 1. The molecule has 9 heteroatoms. The van der Waals surface area contributed by atoms with Crippen molar-refractivity contribution in [2.45, 2.75) is 5.16 Å². The Morgan fingerprint density at radius 3 is 2.68 bits per heavy atom. The minimum atomic E-state index is -0.256. The van der Waals surface area contributed by atoms with Gasteiger partial charge in [0.25, 0.3) is 5.56 Å². The van der Waals surface area contributed by atoms with E-state index in [9.17, 15) is 4.79 Å². The highest BCUT2D eigenvalue weighted by Crippen LogP contribution is 2.25. The van der Waals surface area contributed by atoms with Gasteiger partial charge in [-0.25, -0.2) is 19.6 Å². The van der Waals surface area contributed by atoms with Crippen molar-refractivity contribution in [2.75, 3.05) is 13.4 Å². The van der Waals surface area contributed by atoms with Gasteiger partial charge in [0.2, 0.25) is 5.88 Å². The summed E-state index contributed by atoms with van der Waals surface area (Å²) in [5.74, 6) is 1.01. The quantitative estimate of drug-likeness (QED) is 0.346. The van der Waals surface area contributed by atoms with Crippen LogP contribution in [-0.4, -0.2) is 42.5 Å². The molecule has 28 heavy (non-hydrogen) atoms. The number of hydrogen-bond donors (Lipinski definition) is 0. The molecule has 0 aliphatic carbocycles. The zero-order chi connectivity index (χ0) is 19.3. The number of methoxy groups -OCH3 is 1. The molecule has 1 aromatic carbocycles. The van der Waals surface area contributed by atoms with Gasteiger partial charge in [0.05, 0.1) is 12.6 Å². The van der Waals surface area contributed by atoms with Crippen LogP contribution in [0.5, 0.6) is 5.88 Å². The molecule has 5 aromatic rings. The molecule has 0 unspecified atom stereocenters. The van der Waals surface area contributed by atoms with Gasteiger partial charge in [-0.15, -0.1) is 0 Å². The second kappa shape index (κ2) is 6.31. The van der Waals surface area contributed by atoms with E-state index in [4.69, 9.17) is 4.74 Å². The van der Waals surface area contributed by atoms with Crippen LogP contribution in [0.1, 0.15) is 0 Å². The van der Waals surface area contributed by atoms with Crippen LogP contribution in [0.25, 0.3) is 33.4 Å². The highest BCUT2D eigenvalue weighted by molar-refractivity contribution is 7.98. The second-order valence-corrected chi connectivity index (χ2v) is 6.79. The molecule has 0 saturated heterocycles. The average Bonchev–Trinajstić information content (AvgIpc) is 3.08.